The highest BCUT2D eigenvalue weighted by molar-refractivity contribution is 5.80. The molecule has 0 unspecified atom stereocenters. The van der Waals surface area contributed by atoms with E-state index in [0.29, 0.717) is 5.92 Å². The van der Waals surface area contributed by atoms with Crippen LogP contribution in [-0.4, -0.2) is 23.1 Å². The van der Waals surface area contributed by atoms with Gasteiger partial charge in [0, 0.05) is 17.1 Å². The fraction of sp³-hybridized carbons (Fsp3) is 0.417. The van der Waals surface area contributed by atoms with E-state index in [4.69, 9.17) is 0 Å². The third kappa shape index (κ3) is 1.50. The van der Waals surface area contributed by atoms with E-state index in [9.17, 15) is 4.39 Å². The quantitative estimate of drug-likeness (QED) is 0.771. The molecule has 1 aliphatic rings. The normalized spacial score (nSPS) is 18.1. The highest BCUT2D eigenvalue weighted by atomic mass is 19.1. The van der Waals surface area contributed by atoms with Gasteiger partial charge < -0.3 is 10.3 Å². The van der Waals surface area contributed by atoms with Gasteiger partial charge >= 0.3 is 0 Å². The Balaban J connectivity index is 2.12. The summed E-state index contributed by atoms with van der Waals surface area (Å²) in [6.07, 6.45) is 5.15. The molecule has 2 N–H and O–H groups in total. The fourth-order valence-electron chi connectivity index (χ4n) is 2.53. The molecule has 3 rings (SSSR count). The molecule has 0 aromatic carbocycles. The molecule has 0 saturated carbocycles. The molecule has 84 valence electrons. The minimum Gasteiger partial charge on any atom is -0.346 e. The zero-order valence-electron chi connectivity index (χ0n) is 8.96. The lowest BCUT2D eigenvalue weighted by molar-refractivity contribution is 0.447. The fourth-order valence-corrected chi connectivity index (χ4v) is 2.53. The summed E-state index contributed by atoms with van der Waals surface area (Å²) in [6, 6.07) is 1.92. The molecule has 3 heterocycles. The Labute approximate surface area is 93.1 Å². The summed E-state index contributed by atoms with van der Waals surface area (Å²) in [7, 11) is 0. The average Bonchev–Trinajstić information content (AvgIpc) is 2.78. The van der Waals surface area contributed by atoms with Gasteiger partial charge in [0.15, 0.2) is 0 Å². The molecule has 0 radical (unpaired) electrons. The lowest BCUT2D eigenvalue weighted by atomic mass is 9.89. The molecule has 1 fully saturated rings. The molecule has 2 aromatic heterocycles. The number of halogens is 1. The second-order valence-electron chi connectivity index (χ2n) is 4.28. The number of aromatic nitrogens is 2. The average molecular weight is 219 g/mol. The highest BCUT2D eigenvalue weighted by Gasteiger charge is 2.21. The Hall–Kier alpha value is -1.42. The molecule has 3 nitrogen and oxygen atoms in total. The molecule has 4 heteroatoms. The summed E-state index contributed by atoms with van der Waals surface area (Å²) >= 11 is 0. The van der Waals surface area contributed by atoms with Gasteiger partial charge in [0.1, 0.15) is 11.5 Å². The summed E-state index contributed by atoms with van der Waals surface area (Å²) in [5.74, 6) is 0.154. The van der Waals surface area contributed by atoms with Gasteiger partial charge in [-0.05, 0) is 37.9 Å². The van der Waals surface area contributed by atoms with E-state index in [-0.39, 0.29) is 5.82 Å². The Bertz CT molecular complexity index is 500. The number of rotatable bonds is 1. The second-order valence-corrected chi connectivity index (χ2v) is 4.28. The van der Waals surface area contributed by atoms with Gasteiger partial charge in [0.05, 0.1) is 6.20 Å². The molecule has 0 atom stereocenters. The van der Waals surface area contributed by atoms with Crippen LogP contribution >= 0.6 is 0 Å². The van der Waals surface area contributed by atoms with Crippen molar-refractivity contribution in [3.05, 3.63) is 29.8 Å². The number of aromatic amines is 1. The van der Waals surface area contributed by atoms with Crippen molar-refractivity contribution >= 4 is 11.0 Å². The number of hydrogen-bond acceptors (Lipinski definition) is 2. The Morgan fingerprint density at radius 1 is 1.31 bits per heavy atom. The van der Waals surface area contributed by atoms with Gasteiger partial charge in [0.2, 0.25) is 0 Å². The monoisotopic (exact) mass is 219 g/mol. The molecular formula is C12H14FN3. The SMILES string of the molecule is Fc1cnc2[nH]ccc2c1C1CCNCC1. The molecule has 0 amide bonds. The lowest BCUT2D eigenvalue weighted by Crippen LogP contribution is -2.27. The third-order valence-corrected chi connectivity index (χ3v) is 3.33. The molecule has 16 heavy (non-hydrogen) atoms. The van der Waals surface area contributed by atoms with Crippen LogP contribution in [0.4, 0.5) is 4.39 Å². The van der Waals surface area contributed by atoms with E-state index in [1.807, 2.05) is 12.3 Å². The van der Waals surface area contributed by atoms with Crippen molar-refractivity contribution in [3.63, 3.8) is 0 Å². The van der Waals surface area contributed by atoms with Crippen LogP contribution in [-0.2, 0) is 0 Å². The first-order chi connectivity index (χ1) is 7.86. The predicted molar refractivity (Wildman–Crippen MR) is 60.9 cm³/mol. The largest absolute Gasteiger partial charge is 0.346 e. The zero-order valence-corrected chi connectivity index (χ0v) is 8.96. The first-order valence-corrected chi connectivity index (χ1v) is 5.68. The summed E-state index contributed by atoms with van der Waals surface area (Å²) in [6.45, 7) is 1.94. The number of nitrogens with one attached hydrogen (secondary N) is 2. The third-order valence-electron chi connectivity index (χ3n) is 3.33. The number of hydrogen-bond donors (Lipinski definition) is 2. The van der Waals surface area contributed by atoms with Crippen LogP contribution in [0.2, 0.25) is 0 Å². The molecular weight excluding hydrogens is 205 g/mol. The van der Waals surface area contributed by atoms with Crippen molar-refractivity contribution in [3.8, 4) is 0 Å². The number of nitrogens with zero attached hydrogens (tertiary/aromatic N) is 1. The maximum Gasteiger partial charge on any atom is 0.145 e. The highest BCUT2D eigenvalue weighted by Crippen LogP contribution is 2.32. The van der Waals surface area contributed by atoms with Gasteiger partial charge in [0.25, 0.3) is 0 Å². The van der Waals surface area contributed by atoms with E-state index in [1.165, 1.54) is 6.20 Å². The molecule has 1 saturated heterocycles. The minimum atomic E-state index is -0.168. The van der Waals surface area contributed by atoms with Crippen LogP contribution in [0.25, 0.3) is 11.0 Å². The van der Waals surface area contributed by atoms with E-state index >= 15 is 0 Å². The number of piperidine rings is 1. The Kier molecular flexibility index (Phi) is 2.36. The van der Waals surface area contributed by atoms with Gasteiger partial charge in [-0.2, -0.15) is 0 Å². The van der Waals surface area contributed by atoms with Crippen LogP contribution < -0.4 is 5.32 Å². The predicted octanol–water partition coefficient (Wildman–Crippen LogP) is 2.17. The van der Waals surface area contributed by atoms with Gasteiger partial charge in [-0.1, -0.05) is 0 Å². The summed E-state index contributed by atoms with van der Waals surface area (Å²) in [5, 5.41) is 4.24. The molecule has 1 aliphatic heterocycles. The second kappa shape index (κ2) is 3.87. The van der Waals surface area contributed by atoms with E-state index in [1.54, 1.807) is 0 Å². The van der Waals surface area contributed by atoms with E-state index in [2.05, 4.69) is 15.3 Å². The van der Waals surface area contributed by atoms with Crippen molar-refractivity contribution in [2.75, 3.05) is 13.1 Å². The van der Waals surface area contributed by atoms with Gasteiger partial charge in [-0.3, -0.25) is 0 Å². The van der Waals surface area contributed by atoms with Crippen LogP contribution in [0.5, 0.6) is 0 Å². The molecule has 0 spiro atoms. The molecule has 0 aliphatic carbocycles. The van der Waals surface area contributed by atoms with Crippen LogP contribution in [0.1, 0.15) is 24.3 Å². The summed E-state index contributed by atoms with van der Waals surface area (Å²) in [5.41, 5.74) is 1.63. The molecule has 2 aromatic rings. The van der Waals surface area contributed by atoms with E-state index in [0.717, 1.165) is 42.5 Å². The first-order valence-electron chi connectivity index (χ1n) is 5.68. The number of pyridine rings is 1. The summed E-state index contributed by atoms with van der Waals surface area (Å²) < 4.78 is 13.9. The van der Waals surface area contributed by atoms with Crippen molar-refractivity contribution in [2.24, 2.45) is 0 Å². The topological polar surface area (TPSA) is 40.7 Å². The van der Waals surface area contributed by atoms with Crippen LogP contribution in [0, 0.1) is 5.82 Å². The van der Waals surface area contributed by atoms with Crippen LogP contribution in [0.3, 0.4) is 0 Å². The molecule has 0 bridgehead atoms. The van der Waals surface area contributed by atoms with Gasteiger partial charge in [-0.25, -0.2) is 9.37 Å². The van der Waals surface area contributed by atoms with E-state index < -0.39 is 0 Å². The standard InChI is InChI=1S/C12H14FN3/c13-10-7-16-12-9(3-6-15-12)11(10)8-1-4-14-5-2-8/h3,6-8,14H,1-2,4-5H2,(H,15,16). The smallest absolute Gasteiger partial charge is 0.145 e. The van der Waals surface area contributed by atoms with Crippen LogP contribution in [0.15, 0.2) is 18.5 Å². The maximum absolute atomic E-state index is 13.9. The van der Waals surface area contributed by atoms with Crippen molar-refractivity contribution in [1.29, 1.82) is 0 Å². The Morgan fingerprint density at radius 3 is 2.94 bits per heavy atom. The number of fused-ring (bicyclic) bond motifs is 1. The summed E-state index contributed by atoms with van der Waals surface area (Å²) in [4.78, 5) is 7.08. The lowest BCUT2D eigenvalue weighted by Gasteiger charge is -2.23. The minimum absolute atomic E-state index is 0.168. The maximum atomic E-state index is 13.9. The van der Waals surface area contributed by atoms with Gasteiger partial charge in [-0.15, -0.1) is 0 Å². The van der Waals surface area contributed by atoms with Crippen molar-refractivity contribution < 1.29 is 4.39 Å². The number of H-pyrrole nitrogens is 1. The van der Waals surface area contributed by atoms with Crippen molar-refractivity contribution in [2.45, 2.75) is 18.8 Å². The van der Waals surface area contributed by atoms with Crippen molar-refractivity contribution in [1.82, 2.24) is 15.3 Å². The Morgan fingerprint density at radius 2 is 2.12 bits per heavy atom. The first kappa shape index (κ1) is 9.78. The zero-order chi connectivity index (χ0) is 11.0.